The average molecular weight is 231 g/mol. The third-order valence-electron chi connectivity index (χ3n) is 1.66. The number of halogens is 1. The highest BCUT2D eigenvalue weighted by atomic mass is 35.5. The second kappa shape index (κ2) is 5.43. The molecule has 1 aromatic rings. The number of rotatable bonds is 4. The highest BCUT2D eigenvalue weighted by molar-refractivity contribution is 6.30. The van der Waals surface area contributed by atoms with E-state index in [1.165, 1.54) is 7.11 Å². The normalized spacial score (nSPS) is 11.5. The van der Waals surface area contributed by atoms with Crippen molar-refractivity contribution in [1.29, 1.82) is 0 Å². The summed E-state index contributed by atoms with van der Waals surface area (Å²) in [4.78, 5) is 0. The Kier molecular flexibility index (Phi) is 4.20. The summed E-state index contributed by atoms with van der Waals surface area (Å²) in [6.45, 7) is 0.0616. The van der Waals surface area contributed by atoms with E-state index in [0.717, 1.165) is 0 Å². The molecule has 0 aromatic heterocycles. The molecule has 0 aliphatic carbocycles. The maximum Gasteiger partial charge on any atom is 0.188 e. The van der Waals surface area contributed by atoms with Gasteiger partial charge in [-0.3, -0.25) is 0 Å². The van der Waals surface area contributed by atoms with E-state index in [9.17, 15) is 0 Å². The van der Waals surface area contributed by atoms with Crippen molar-refractivity contribution in [1.82, 2.24) is 0 Å². The van der Waals surface area contributed by atoms with Gasteiger partial charge in [0.25, 0.3) is 0 Å². The number of benzene rings is 1. The number of hydrogen-bond acceptors (Lipinski definition) is 4. The molecule has 0 aliphatic rings. The predicted molar refractivity (Wildman–Crippen MR) is 56.5 cm³/mol. The van der Waals surface area contributed by atoms with Gasteiger partial charge in [0.15, 0.2) is 12.6 Å². The van der Waals surface area contributed by atoms with Gasteiger partial charge in [0.2, 0.25) is 0 Å². The molecule has 15 heavy (non-hydrogen) atoms. The van der Waals surface area contributed by atoms with Crippen LogP contribution in [0.2, 0.25) is 5.02 Å². The van der Waals surface area contributed by atoms with Gasteiger partial charge < -0.3 is 20.4 Å². The van der Waals surface area contributed by atoms with Gasteiger partial charge >= 0.3 is 0 Å². The van der Waals surface area contributed by atoms with E-state index < -0.39 is 0 Å². The average Bonchev–Trinajstić information content (AvgIpc) is 2.25. The van der Waals surface area contributed by atoms with Gasteiger partial charge in [0.05, 0.1) is 5.56 Å². The van der Waals surface area contributed by atoms with Gasteiger partial charge in [0, 0.05) is 12.1 Å². The zero-order valence-electron chi connectivity index (χ0n) is 8.11. The monoisotopic (exact) mass is 230 g/mol. The Morgan fingerprint density at radius 3 is 2.93 bits per heavy atom. The molecular weight excluding hydrogens is 220 g/mol. The molecule has 0 spiro atoms. The van der Waals surface area contributed by atoms with Gasteiger partial charge in [-0.05, 0) is 18.2 Å². The van der Waals surface area contributed by atoms with Crippen LogP contribution >= 0.6 is 11.6 Å². The summed E-state index contributed by atoms with van der Waals surface area (Å²) in [6.07, 6.45) is 0. The maximum atomic E-state index is 8.55. The fourth-order valence-electron chi connectivity index (χ4n) is 1.00. The molecule has 0 aliphatic heterocycles. The first-order valence-electron chi connectivity index (χ1n) is 4.08. The van der Waals surface area contributed by atoms with Crippen LogP contribution in [0.3, 0.4) is 0 Å². The lowest BCUT2D eigenvalue weighted by Gasteiger charge is -2.09. The topological polar surface area (TPSA) is 77.1 Å². The van der Waals surface area contributed by atoms with Crippen LogP contribution in [0.25, 0.3) is 0 Å². The Balaban J connectivity index is 3.03. The zero-order valence-corrected chi connectivity index (χ0v) is 8.86. The maximum absolute atomic E-state index is 8.55. The molecule has 0 saturated carbocycles. The molecule has 0 bridgehead atoms. The Bertz CT molecular complexity index is 368. The summed E-state index contributed by atoms with van der Waals surface area (Å²) in [5.74, 6) is 0.359. The highest BCUT2D eigenvalue weighted by Gasteiger charge is 2.08. The van der Waals surface area contributed by atoms with Crippen molar-refractivity contribution < 1.29 is 14.7 Å². The number of oxime groups is 1. The van der Waals surface area contributed by atoms with Crippen LogP contribution in [0, 0.1) is 0 Å². The molecule has 0 radical (unpaired) electrons. The summed E-state index contributed by atoms with van der Waals surface area (Å²) in [6, 6.07) is 4.78. The van der Waals surface area contributed by atoms with Crippen molar-refractivity contribution in [2.45, 2.75) is 0 Å². The lowest BCUT2D eigenvalue weighted by Crippen LogP contribution is -2.15. The zero-order chi connectivity index (χ0) is 11.3. The fourth-order valence-corrected chi connectivity index (χ4v) is 1.17. The van der Waals surface area contributed by atoms with E-state index in [0.29, 0.717) is 16.3 Å². The predicted octanol–water partition coefficient (Wildman–Crippen LogP) is 1.42. The molecule has 82 valence electrons. The van der Waals surface area contributed by atoms with Crippen LogP contribution in [0.1, 0.15) is 5.56 Å². The van der Waals surface area contributed by atoms with E-state index in [4.69, 9.17) is 32.0 Å². The minimum atomic E-state index is -0.0437. The number of hydrogen-bond donors (Lipinski definition) is 2. The van der Waals surface area contributed by atoms with Gasteiger partial charge in [-0.2, -0.15) is 0 Å². The molecule has 1 rings (SSSR count). The molecule has 1 aromatic carbocycles. The lowest BCUT2D eigenvalue weighted by molar-refractivity contribution is 0.0510. The van der Waals surface area contributed by atoms with Crippen LogP contribution in [0.4, 0.5) is 0 Å². The molecular formula is C9H11ClN2O3. The minimum Gasteiger partial charge on any atom is -0.467 e. The fraction of sp³-hybridized carbons (Fsp3) is 0.222. The molecule has 0 atom stereocenters. The lowest BCUT2D eigenvalue weighted by atomic mass is 10.2. The summed E-state index contributed by atoms with van der Waals surface area (Å²) in [5.41, 5.74) is 5.91. The van der Waals surface area contributed by atoms with Crippen molar-refractivity contribution in [3.8, 4) is 5.75 Å². The summed E-state index contributed by atoms with van der Waals surface area (Å²) < 4.78 is 9.96. The Morgan fingerprint density at radius 2 is 2.33 bits per heavy atom. The molecule has 3 N–H and O–H groups in total. The number of nitrogens with two attached hydrogens (primary N) is 1. The number of nitrogens with zero attached hydrogens (tertiary/aromatic N) is 1. The van der Waals surface area contributed by atoms with Crippen molar-refractivity contribution in [2.75, 3.05) is 13.9 Å². The van der Waals surface area contributed by atoms with E-state index in [1.54, 1.807) is 18.2 Å². The van der Waals surface area contributed by atoms with Crippen molar-refractivity contribution in [3.63, 3.8) is 0 Å². The van der Waals surface area contributed by atoms with Crippen LogP contribution in [-0.2, 0) is 4.74 Å². The van der Waals surface area contributed by atoms with E-state index in [1.807, 2.05) is 0 Å². The minimum absolute atomic E-state index is 0.0437. The quantitative estimate of drug-likeness (QED) is 0.270. The standard InChI is InChI=1S/C9H11ClN2O3/c1-14-5-15-8-4-6(10)2-3-7(8)9(11)12-13/h2-4,13H,5H2,1H3,(H2,11,12). The Hall–Kier alpha value is -1.46. The Labute approximate surface area is 92.0 Å². The number of amidine groups is 1. The van der Waals surface area contributed by atoms with Gasteiger partial charge in [-0.25, -0.2) is 0 Å². The summed E-state index contributed by atoms with van der Waals surface area (Å²) >= 11 is 5.78. The van der Waals surface area contributed by atoms with Crippen LogP contribution in [0.5, 0.6) is 5.75 Å². The molecule has 0 fully saturated rings. The molecule has 5 nitrogen and oxygen atoms in total. The molecule has 0 amide bonds. The smallest absolute Gasteiger partial charge is 0.188 e. The summed E-state index contributed by atoms with van der Waals surface area (Å²) in [5, 5.41) is 11.9. The van der Waals surface area contributed by atoms with Gasteiger partial charge in [-0.15, -0.1) is 0 Å². The van der Waals surface area contributed by atoms with E-state index in [2.05, 4.69) is 5.16 Å². The summed E-state index contributed by atoms with van der Waals surface area (Å²) in [7, 11) is 1.49. The van der Waals surface area contributed by atoms with Gasteiger partial charge in [-0.1, -0.05) is 16.8 Å². The second-order valence-corrected chi connectivity index (χ2v) is 3.11. The second-order valence-electron chi connectivity index (χ2n) is 2.68. The van der Waals surface area contributed by atoms with Crippen LogP contribution in [0.15, 0.2) is 23.4 Å². The third-order valence-corrected chi connectivity index (χ3v) is 1.89. The first kappa shape index (κ1) is 11.6. The molecule has 0 heterocycles. The number of ether oxygens (including phenoxy) is 2. The van der Waals surface area contributed by atoms with Crippen molar-refractivity contribution in [3.05, 3.63) is 28.8 Å². The van der Waals surface area contributed by atoms with Crippen LogP contribution in [-0.4, -0.2) is 24.9 Å². The van der Waals surface area contributed by atoms with E-state index >= 15 is 0 Å². The first-order chi connectivity index (χ1) is 7.19. The van der Waals surface area contributed by atoms with Crippen molar-refractivity contribution in [2.24, 2.45) is 10.9 Å². The molecule has 0 saturated heterocycles. The largest absolute Gasteiger partial charge is 0.467 e. The van der Waals surface area contributed by atoms with Gasteiger partial charge in [0.1, 0.15) is 5.75 Å². The Morgan fingerprint density at radius 1 is 1.60 bits per heavy atom. The molecule has 6 heteroatoms. The number of methoxy groups -OCH3 is 1. The molecule has 0 unspecified atom stereocenters. The first-order valence-corrected chi connectivity index (χ1v) is 4.46. The third kappa shape index (κ3) is 3.00. The van der Waals surface area contributed by atoms with Crippen LogP contribution < -0.4 is 10.5 Å². The highest BCUT2D eigenvalue weighted by Crippen LogP contribution is 2.23. The van der Waals surface area contributed by atoms with E-state index in [-0.39, 0.29) is 12.6 Å². The van der Waals surface area contributed by atoms with Crippen molar-refractivity contribution >= 4 is 17.4 Å². The SMILES string of the molecule is COCOc1cc(Cl)ccc1/C(N)=N/O.